The molecule has 0 atom stereocenters. The van der Waals surface area contributed by atoms with Gasteiger partial charge in [-0.2, -0.15) is 0 Å². The summed E-state index contributed by atoms with van der Waals surface area (Å²) < 4.78 is 10.5. The number of fused-ring (bicyclic) bond motifs is 2. The first kappa shape index (κ1) is 16.0. The van der Waals surface area contributed by atoms with Crippen LogP contribution in [0.15, 0.2) is 54.6 Å². The van der Waals surface area contributed by atoms with Crippen LogP contribution >= 0.6 is 0 Å². The number of esters is 1. The van der Waals surface area contributed by atoms with E-state index < -0.39 is 0 Å². The molecular formula is C20H18O4. The molecule has 2 aromatic carbocycles. The van der Waals surface area contributed by atoms with Gasteiger partial charge in [0.15, 0.2) is 5.78 Å². The molecule has 0 saturated heterocycles. The number of Topliss-reactive ketones (excluding diaryl/α,β-unsaturated/α-hetero) is 1. The van der Waals surface area contributed by atoms with Gasteiger partial charge in [-0.25, -0.2) is 0 Å². The fraction of sp³-hybridized carbons (Fsp3) is 0.200. The second-order valence-corrected chi connectivity index (χ2v) is 5.49. The van der Waals surface area contributed by atoms with E-state index in [2.05, 4.69) is 0 Å². The molecule has 0 saturated carbocycles. The summed E-state index contributed by atoms with van der Waals surface area (Å²) in [6.45, 7) is 0.656. The van der Waals surface area contributed by atoms with Crippen molar-refractivity contribution in [2.75, 3.05) is 6.61 Å². The van der Waals surface area contributed by atoms with Gasteiger partial charge in [-0.1, -0.05) is 42.5 Å². The van der Waals surface area contributed by atoms with E-state index in [-0.39, 0.29) is 11.8 Å². The predicted octanol–water partition coefficient (Wildman–Crippen LogP) is 4.05. The van der Waals surface area contributed by atoms with Crippen molar-refractivity contribution in [1.82, 2.24) is 0 Å². The molecule has 2 aromatic rings. The molecule has 2 heterocycles. The van der Waals surface area contributed by atoms with Crippen LogP contribution in [-0.2, 0) is 4.79 Å². The first-order valence-corrected chi connectivity index (χ1v) is 7.95. The Bertz CT molecular complexity index is 777. The maximum atomic E-state index is 11.4. The minimum Gasteiger partial charge on any atom is -0.493 e. The Hall–Kier alpha value is -2.88. The van der Waals surface area contributed by atoms with Crippen molar-refractivity contribution in [3.8, 4) is 11.5 Å². The van der Waals surface area contributed by atoms with E-state index in [1.807, 2.05) is 54.6 Å². The van der Waals surface area contributed by atoms with Crippen molar-refractivity contribution in [3.63, 3.8) is 0 Å². The topological polar surface area (TPSA) is 52.6 Å². The monoisotopic (exact) mass is 322 g/mol. The maximum absolute atomic E-state index is 11.4. The average Bonchev–Trinajstić information content (AvgIpc) is 2.91. The maximum Gasteiger partial charge on any atom is 0.315 e. The lowest BCUT2D eigenvalue weighted by Crippen LogP contribution is -2.04. The number of hydrogen-bond donors (Lipinski definition) is 0. The summed E-state index contributed by atoms with van der Waals surface area (Å²) in [5.74, 6) is 1.38. The highest BCUT2D eigenvalue weighted by molar-refractivity contribution is 5.98. The smallest absolute Gasteiger partial charge is 0.315 e. The first-order valence-electron chi connectivity index (χ1n) is 7.95. The lowest BCUT2D eigenvalue weighted by molar-refractivity contribution is -0.133. The van der Waals surface area contributed by atoms with E-state index in [1.165, 1.54) is 0 Å². The van der Waals surface area contributed by atoms with Crippen LogP contribution in [0, 0.1) is 0 Å². The molecular weight excluding hydrogens is 304 g/mol. The van der Waals surface area contributed by atoms with Gasteiger partial charge in [-0.05, 0) is 24.6 Å². The predicted molar refractivity (Wildman–Crippen MR) is 91.2 cm³/mol. The second-order valence-electron chi connectivity index (χ2n) is 5.49. The average molecular weight is 322 g/mol. The number of carbonyl (C=O) groups excluding carboxylic acids is 2. The number of rotatable bonds is 0. The number of carbonyl (C=O) groups is 2. The third-order valence-corrected chi connectivity index (χ3v) is 3.72. The summed E-state index contributed by atoms with van der Waals surface area (Å²) in [4.78, 5) is 22.4. The van der Waals surface area contributed by atoms with Crippen LogP contribution in [0.3, 0.4) is 0 Å². The molecule has 4 rings (SSSR count). The first-order chi connectivity index (χ1) is 11.7. The number of para-hydroxylation sites is 2. The summed E-state index contributed by atoms with van der Waals surface area (Å²) in [6, 6.07) is 14.9. The Morgan fingerprint density at radius 1 is 0.875 bits per heavy atom. The van der Waals surface area contributed by atoms with Gasteiger partial charge in [0.2, 0.25) is 0 Å². The molecule has 4 heteroatoms. The lowest BCUT2D eigenvalue weighted by atomic mass is 10.1. The number of hydrogen-bond acceptors (Lipinski definition) is 4. The van der Waals surface area contributed by atoms with Crippen molar-refractivity contribution in [2.24, 2.45) is 0 Å². The fourth-order valence-electron chi connectivity index (χ4n) is 2.53. The highest BCUT2D eigenvalue weighted by Gasteiger charge is 2.14. The lowest BCUT2D eigenvalue weighted by Gasteiger charge is -2.03. The zero-order chi connectivity index (χ0) is 16.8. The Balaban J connectivity index is 0.000000141. The molecule has 0 unspecified atom stereocenters. The van der Waals surface area contributed by atoms with Gasteiger partial charge in [-0.15, -0.1) is 0 Å². The third-order valence-electron chi connectivity index (χ3n) is 3.72. The second kappa shape index (κ2) is 7.59. The van der Waals surface area contributed by atoms with Crippen molar-refractivity contribution >= 4 is 17.8 Å². The van der Waals surface area contributed by atoms with E-state index in [0.29, 0.717) is 25.2 Å². The van der Waals surface area contributed by atoms with Crippen LogP contribution in [0.5, 0.6) is 11.5 Å². The van der Waals surface area contributed by atoms with Crippen LogP contribution in [-0.4, -0.2) is 18.4 Å². The molecule has 0 aromatic heterocycles. The molecule has 122 valence electrons. The molecule has 4 nitrogen and oxygen atoms in total. The van der Waals surface area contributed by atoms with Crippen molar-refractivity contribution < 1.29 is 19.1 Å². The Morgan fingerprint density at radius 3 is 2.50 bits per heavy atom. The van der Waals surface area contributed by atoms with E-state index in [4.69, 9.17) is 9.47 Å². The summed E-state index contributed by atoms with van der Waals surface area (Å²) in [5, 5.41) is 0. The molecule has 0 spiro atoms. The van der Waals surface area contributed by atoms with Crippen LogP contribution in [0.1, 0.15) is 35.2 Å². The molecule has 0 amide bonds. The van der Waals surface area contributed by atoms with Crippen molar-refractivity contribution in [1.29, 1.82) is 0 Å². The van der Waals surface area contributed by atoms with Gasteiger partial charge in [0, 0.05) is 12.0 Å². The van der Waals surface area contributed by atoms with Gasteiger partial charge in [-0.3, -0.25) is 9.59 Å². The summed E-state index contributed by atoms with van der Waals surface area (Å²) >= 11 is 0. The van der Waals surface area contributed by atoms with Crippen LogP contribution in [0.25, 0.3) is 6.08 Å². The van der Waals surface area contributed by atoms with Crippen LogP contribution < -0.4 is 9.47 Å². The third kappa shape index (κ3) is 3.90. The quantitative estimate of drug-likeness (QED) is 0.542. The van der Waals surface area contributed by atoms with Crippen LogP contribution in [0.4, 0.5) is 0 Å². The Labute approximate surface area is 140 Å². The summed E-state index contributed by atoms with van der Waals surface area (Å²) in [7, 11) is 0. The molecule has 0 radical (unpaired) electrons. The summed E-state index contributed by atoms with van der Waals surface area (Å²) in [6.07, 6.45) is 5.51. The standard InChI is InChI=1S/C10H10O2.C10H8O2/c11-9-5-3-7-12-10-6-2-1-4-8(9)10;11-10-7-3-5-8-4-1-2-6-9(8)12-10/h1-2,4,6H,3,5,7H2;1-6H,7H2. The normalized spacial score (nSPS) is 15.5. The van der Waals surface area contributed by atoms with Gasteiger partial charge >= 0.3 is 5.97 Å². The highest BCUT2D eigenvalue weighted by Crippen LogP contribution is 2.23. The van der Waals surface area contributed by atoms with Gasteiger partial charge in [0.1, 0.15) is 11.5 Å². The molecule has 24 heavy (non-hydrogen) atoms. The zero-order valence-corrected chi connectivity index (χ0v) is 13.2. The molecule has 0 aliphatic carbocycles. The van der Waals surface area contributed by atoms with Gasteiger partial charge in [0.25, 0.3) is 0 Å². The molecule has 2 aliphatic heterocycles. The van der Waals surface area contributed by atoms with Gasteiger partial charge < -0.3 is 9.47 Å². The molecule has 0 fully saturated rings. The van der Waals surface area contributed by atoms with Crippen LogP contribution in [0.2, 0.25) is 0 Å². The minimum atomic E-state index is -0.198. The Kier molecular flexibility index (Phi) is 5.06. The molecule has 0 N–H and O–H groups in total. The van der Waals surface area contributed by atoms with Crippen molar-refractivity contribution in [3.05, 3.63) is 65.7 Å². The molecule has 2 aliphatic rings. The van der Waals surface area contributed by atoms with Gasteiger partial charge in [0.05, 0.1) is 18.6 Å². The van der Waals surface area contributed by atoms with Crippen molar-refractivity contribution in [2.45, 2.75) is 19.3 Å². The molecule has 0 bridgehead atoms. The van der Waals surface area contributed by atoms with E-state index in [9.17, 15) is 9.59 Å². The SMILES string of the molecule is O=C1CC=Cc2ccccc2O1.O=C1CCCOc2ccccc21. The fourth-order valence-corrected chi connectivity index (χ4v) is 2.53. The highest BCUT2D eigenvalue weighted by atomic mass is 16.5. The Morgan fingerprint density at radius 2 is 1.62 bits per heavy atom. The van der Waals surface area contributed by atoms with E-state index in [1.54, 1.807) is 6.07 Å². The number of ketones is 1. The number of ether oxygens (including phenoxy) is 2. The summed E-state index contributed by atoms with van der Waals surface area (Å²) in [5.41, 5.74) is 1.69. The largest absolute Gasteiger partial charge is 0.493 e. The number of benzene rings is 2. The van der Waals surface area contributed by atoms with E-state index >= 15 is 0 Å². The van der Waals surface area contributed by atoms with E-state index in [0.717, 1.165) is 23.3 Å². The minimum absolute atomic E-state index is 0.197. The zero-order valence-electron chi connectivity index (χ0n) is 13.2.